The molecule has 2 unspecified atom stereocenters. The van der Waals surface area contributed by atoms with Gasteiger partial charge >= 0.3 is 0 Å². The smallest absolute Gasteiger partial charge is 0.126 e. The van der Waals surface area contributed by atoms with Crippen molar-refractivity contribution in [1.82, 2.24) is 0 Å². The highest BCUT2D eigenvalue weighted by molar-refractivity contribution is 5.20. The Morgan fingerprint density at radius 3 is 2.26 bits per heavy atom. The van der Waals surface area contributed by atoms with Gasteiger partial charge in [-0.25, -0.2) is 8.78 Å². The lowest BCUT2D eigenvalue weighted by atomic mass is 9.64. The molecule has 0 aliphatic heterocycles. The molecule has 0 aromatic heterocycles. The third-order valence-corrected chi connectivity index (χ3v) is 4.44. The number of halogens is 2. The Kier molecular flexibility index (Phi) is 3.69. The zero-order valence-electron chi connectivity index (χ0n) is 11.8. The van der Waals surface area contributed by atoms with E-state index >= 15 is 0 Å². The van der Waals surface area contributed by atoms with Crippen LogP contribution in [-0.4, -0.2) is 10.7 Å². The van der Waals surface area contributed by atoms with Crippen LogP contribution in [0.2, 0.25) is 0 Å². The average molecular weight is 268 g/mol. The van der Waals surface area contributed by atoms with Crippen molar-refractivity contribution in [3.63, 3.8) is 0 Å². The van der Waals surface area contributed by atoms with Gasteiger partial charge in [-0.3, -0.25) is 0 Å². The van der Waals surface area contributed by atoms with E-state index < -0.39 is 17.2 Å². The highest BCUT2D eigenvalue weighted by Gasteiger charge is 2.42. The molecule has 0 heterocycles. The van der Waals surface area contributed by atoms with Gasteiger partial charge in [0.15, 0.2) is 0 Å². The Labute approximate surface area is 113 Å². The zero-order valence-corrected chi connectivity index (χ0v) is 11.8. The van der Waals surface area contributed by atoms with Gasteiger partial charge in [0.05, 0.1) is 5.60 Å². The van der Waals surface area contributed by atoms with Crippen molar-refractivity contribution in [3.8, 4) is 0 Å². The summed E-state index contributed by atoms with van der Waals surface area (Å²) in [5.41, 5.74) is -0.0826. The lowest BCUT2D eigenvalue weighted by molar-refractivity contribution is -0.0704. The van der Waals surface area contributed by atoms with Crippen molar-refractivity contribution in [1.29, 1.82) is 0 Å². The Balaban J connectivity index is 2.17. The van der Waals surface area contributed by atoms with Crippen LogP contribution < -0.4 is 0 Å². The van der Waals surface area contributed by atoms with Crippen molar-refractivity contribution >= 4 is 0 Å². The van der Waals surface area contributed by atoms with Crippen LogP contribution in [-0.2, 0) is 6.42 Å². The first-order chi connectivity index (χ1) is 8.70. The van der Waals surface area contributed by atoms with E-state index in [1.165, 1.54) is 12.1 Å². The fourth-order valence-electron chi connectivity index (χ4n) is 3.25. The predicted molar refractivity (Wildman–Crippen MR) is 71.8 cm³/mol. The van der Waals surface area contributed by atoms with E-state index in [0.717, 1.165) is 18.9 Å². The number of aliphatic hydroxyl groups is 1. The Morgan fingerprint density at radius 1 is 1.16 bits per heavy atom. The Morgan fingerprint density at radius 2 is 1.74 bits per heavy atom. The molecule has 1 aromatic carbocycles. The quantitative estimate of drug-likeness (QED) is 0.856. The molecule has 0 radical (unpaired) electrons. The van der Waals surface area contributed by atoms with Gasteiger partial charge in [-0.2, -0.15) is 0 Å². The maximum atomic E-state index is 13.2. The topological polar surface area (TPSA) is 20.2 Å². The molecule has 1 N–H and O–H groups in total. The minimum absolute atomic E-state index is 0.127. The number of benzene rings is 1. The van der Waals surface area contributed by atoms with Crippen molar-refractivity contribution in [3.05, 3.63) is 35.4 Å². The molecule has 0 spiro atoms. The van der Waals surface area contributed by atoms with Crippen LogP contribution in [0.3, 0.4) is 0 Å². The first-order valence-corrected chi connectivity index (χ1v) is 6.88. The summed E-state index contributed by atoms with van der Waals surface area (Å²) >= 11 is 0. The van der Waals surface area contributed by atoms with Gasteiger partial charge in [-0.15, -0.1) is 0 Å². The SMILES string of the molecule is CC1CC(C)(C)CCC1(O)Cc1cc(F)cc(F)c1. The highest BCUT2D eigenvalue weighted by atomic mass is 19.1. The second kappa shape index (κ2) is 4.86. The third kappa shape index (κ3) is 3.33. The molecule has 1 saturated carbocycles. The summed E-state index contributed by atoms with van der Waals surface area (Å²) in [5.74, 6) is -1.03. The first kappa shape index (κ1) is 14.4. The summed E-state index contributed by atoms with van der Waals surface area (Å²) in [6.07, 6.45) is 2.87. The fraction of sp³-hybridized carbons (Fsp3) is 0.625. The van der Waals surface area contributed by atoms with Crippen LogP contribution in [0, 0.1) is 23.0 Å². The van der Waals surface area contributed by atoms with Crippen LogP contribution in [0.1, 0.15) is 45.6 Å². The van der Waals surface area contributed by atoms with Crippen molar-refractivity contribution in [2.45, 2.75) is 52.1 Å². The summed E-state index contributed by atoms with van der Waals surface area (Å²) in [6, 6.07) is 3.49. The molecule has 1 nitrogen and oxygen atoms in total. The lowest BCUT2D eigenvalue weighted by Gasteiger charge is -2.45. The monoisotopic (exact) mass is 268 g/mol. The molecule has 1 aliphatic carbocycles. The van der Waals surface area contributed by atoms with E-state index in [2.05, 4.69) is 13.8 Å². The fourth-order valence-corrected chi connectivity index (χ4v) is 3.25. The highest BCUT2D eigenvalue weighted by Crippen LogP contribution is 2.45. The largest absolute Gasteiger partial charge is 0.389 e. The molecule has 0 saturated heterocycles. The van der Waals surface area contributed by atoms with E-state index in [1.807, 2.05) is 6.92 Å². The molecular formula is C16H22F2O. The second-order valence-corrected chi connectivity index (χ2v) is 6.83. The van der Waals surface area contributed by atoms with Crippen molar-refractivity contribution in [2.24, 2.45) is 11.3 Å². The summed E-state index contributed by atoms with van der Waals surface area (Å²) in [5, 5.41) is 10.8. The zero-order chi connectivity index (χ0) is 14.3. The van der Waals surface area contributed by atoms with Gasteiger partial charge in [0.25, 0.3) is 0 Å². The minimum atomic E-state index is -0.851. The summed E-state index contributed by atoms with van der Waals surface area (Å²) in [4.78, 5) is 0. The average Bonchev–Trinajstić information content (AvgIpc) is 2.23. The van der Waals surface area contributed by atoms with Gasteiger partial charge in [0.1, 0.15) is 11.6 Å². The maximum absolute atomic E-state index is 13.2. The van der Waals surface area contributed by atoms with Gasteiger partial charge in [-0.05, 0) is 48.3 Å². The summed E-state index contributed by atoms with van der Waals surface area (Å²) in [7, 11) is 0. The molecule has 106 valence electrons. The van der Waals surface area contributed by atoms with Crippen LogP contribution in [0.25, 0.3) is 0 Å². The van der Waals surface area contributed by atoms with Crippen LogP contribution in [0.5, 0.6) is 0 Å². The van der Waals surface area contributed by atoms with Crippen molar-refractivity contribution < 1.29 is 13.9 Å². The van der Waals surface area contributed by atoms with E-state index in [1.54, 1.807) is 0 Å². The Bertz CT molecular complexity index is 450. The van der Waals surface area contributed by atoms with E-state index in [-0.39, 0.29) is 11.3 Å². The van der Waals surface area contributed by atoms with Crippen molar-refractivity contribution in [2.75, 3.05) is 0 Å². The van der Waals surface area contributed by atoms with Gasteiger partial charge in [-0.1, -0.05) is 20.8 Å². The van der Waals surface area contributed by atoms with Gasteiger partial charge in [0, 0.05) is 12.5 Å². The first-order valence-electron chi connectivity index (χ1n) is 6.88. The summed E-state index contributed by atoms with van der Waals surface area (Å²) < 4.78 is 26.4. The number of hydrogen-bond acceptors (Lipinski definition) is 1. The van der Waals surface area contributed by atoms with Crippen LogP contribution >= 0.6 is 0 Å². The third-order valence-electron chi connectivity index (χ3n) is 4.44. The maximum Gasteiger partial charge on any atom is 0.126 e. The normalized spacial score (nSPS) is 30.3. The predicted octanol–water partition coefficient (Wildman–Crippen LogP) is 4.08. The molecule has 0 amide bonds. The molecule has 1 aromatic rings. The van der Waals surface area contributed by atoms with E-state index in [4.69, 9.17) is 0 Å². The number of rotatable bonds is 2. The molecule has 2 rings (SSSR count). The van der Waals surface area contributed by atoms with Crippen LogP contribution in [0.4, 0.5) is 8.78 Å². The molecule has 3 heteroatoms. The standard InChI is InChI=1S/C16H22F2O/c1-11-9-15(2,3)4-5-16(11,19)10-12-6-13(17)8-14(18)7-12/h6-8,11,19H,4-5,9-10H2,1-3H3. The van der Waals surface area contributed by atoms with Gasteiger partial charge < -0.3 is 5.11 Å². The minimum Gasteiger partial charge on any atom is -0.389 e. The molecule has 19 heavy (non-hydrogen) atoms. The molecular weight excluding hydrogens is 246 g/mol. The molecule has 0 bridgehead atoms. The van der Waals surface area contributed by atoms with Crippen LogP contribution in [0.15, 0.2) is 18.2 Å². The summed E-state index contributed by atoms with van der Waals surface area (Å²) in [6.45, 7) is 6.42. The lowest BCUT2D eigenvalue weighted by Crippen LogP contribution is -2.45. The molecule has 1 aliphatic rings. The number of hydrogen-bond donors (Lipinski definition) is 1. The molecule has 1 fully saturated rings. The molecule has 2 atom stereocenters. The van der Waals surface area contributed by atoms with E-state index in [9.17, 15) is 13.9 Å². The van der Waals surface area contributed by atoms with Gasteiger partial charge in [0.2, 0.25) is 0 Å². The Hall–Kier alpha value is -0.960. The second-order valence-electron chi connectivity index (χ2n) is 6.83. The van der Waals surface area contributed by atoms with E-state index in [0.29, 0.717) is 18.4 Å².